The molecule has 0 atom stereocenters. The molecule has 2 nitrogen and oxygen atoms in total. The molecule has 0 bridgehead atoms. The van der Waals surface area contributed by atoms with E-state index in [1.165, 1.54) is 0 Å². The zero-order valence-corrected chi connectivity index (χ0v) is 9.13. The molecule has 0 aliphatic carbocycles. The molecular weight excluding hydrogens is 191 g/mol. The average Bonchev–Trinajstić information content (AvgIpc) is 2.54. The quantitative estimate of drug-likeness (QED) is 0.753. The van der Waals surface area contributed by atoms with Crippen LogP contribution in [0, 0.1) is 12.9 Å². The van der Waals surface area contributed by atoms with Crippen LogP contribution in [-0.2, 0) is 6.54 Å². The molecule has 0 saturated carbocycles. The minimum Gasteiger partial charge on any atom is -0.262 e. The maximum Gasteiger partial charge on any atom is 0.240 e. The Bertz CT molecular complexity index is 474. The number of hydrogen-bond acceptors (Lipinski definition) is 1. The first-order valence-electron chi connectivity index (χ1n) is 5.35. The van der Waals surface area contributed by atoms with Gasteiger partial charge >= 0.3 is 0 Å². The van der Waals surface area contributed by atoms with Crippen molar-refractivity contribution in [2.75, 3.05) is 0 Å². The molecule has 2 aromatic rings. The van der Waals surface area contributed by atoms with Gasteiger partial charge in [-0.2, -0.15) is 4.39 Å². The van der Waals surface area contributed by atoms with Crippen LogP contribution in [0.4, 0.5) is 4.39 Å². The van der Waals surface area contributed by atoms with E-state index < -0.39 is 0 Å². The Morgan fingerprint density at radius 1 is 1.40 bits per heavy atom. The first kappa shape index (κ1) is 10.1. The summed E-state index contributed by atoms with van der Waals surface area (Å²) in [4.78, 5) is 0. The molecular formula is C12H15FN2. The number of fused-ring (bicyclic) bond motifs is 1. The largest absolute Gasteiger partial charge is 0.262 e. The van der Waals surface area contributed by atoms with E-state index in [9.17, 15) is 4.39 Å². The van der Waals surface area contributed by atoms with Crippen molar-refractivity contribution >= 4 is 10.9 Å². The Kier molecular flexibility index (Phi) is 2.71. The predicted molar refractivity (Wildman–Crippen MR) is 59.3 cm³/mol. The first-order chi connectivity index (χ1) is 7.24. The summed E-state index contributed by atoms with van der Waals surface area (Å²) in [6, 6.07) is 5.78. The first-order valence-corrected chi connectivity index (χ1v) is 5.35. The lowest BCUT2D eigenvalue weighted by Gasteiger charge is -2.01. The second-order valence-electron chi connectivity index (χ2n) is 3.84. The van der Waals surface area contributed by atoms with Crippen LogP contribution in [0.1, 0.15) is 25.3 Å². The fourth-order valence-corrected chi connectivity index (χ4v) is 1.82. The number of aryl methyl sites for hydroxylation is 2. The van der Waals surface area contributed by atoms with Crippen molar-refractivity contribution in [1.82, 2.24) is 9.78 Å². The van der Waals surface area contributed by atoms with Gasteiger partial charge in [-0.05, 0) is 25.0 Å². The summed E-state index contributed by atoms with van der Waals surface area (Å²) in [5.41, 5.74) is 1.86. The third kappa shape index (κ3) is 1.74. The highest BCUT2D eigenvalue weighted by Crippen LogP contribution is 2.21. The zero-order chi connectivity index (χ0) is 10.8. The summed E-state index contributed by atoms with van der Waals surface area (Å²) in [5, 5.41) is 4.60. The Labute approximate surface area is 88.7 Å². The third-order valence-electron chi connectivity index (χ3n) is 2.67. The molecule has 0 amide bonds. The fraction of sp³-hybridized carbons (Fsp3) is 0.417. The van der Waals surface area contributed by atoms with E-state index in [-0.39, 0.29) is 5.95 Å². The highest BCUT2D eigenvalue weighted by atomic mass is 19.1. The SMILES string of the molecule is CCCCn1nc(F)c2c(C)cccc21. The Hall–Kier alpha value is -1.38. The third-order valence-corrected chi connectivity index (χ3v) is 2.67. The monoisotopic (exact) mass is 206 g/mol. The van der Waals surface area contributed by atoms with Gasteiger partial charge in [0.25, 0.3) is 0 Å². The molecule has 1 heterocycles. The minimum absolute atomic E-state index is 0.348. The van der Waals surface area contributed by atoms with Crippen molar-refractivity contribution in [3.05, 3.63) is 29.7 Å². The van der Waals surface area contributed by atoms with E-state index in [1.807, 2.05) is 25.1 Å². The smallest absolute Gasteiger partial charge is 0.240 e. The highest BCUT2D eigenvalue weighted by Gasteiger charge is 2.10. The van der Waals surface area contributed by atoms with E-state index in [0.717, 1.165) is 30.5 Å². The summed E-state index contributed by atoms with van der Waals surface area (Å²) in [7, 11) is 0. The van der Waals surface area contributed by atoms with Crippen molar-refractivity contribution < 1.29 is 4.39 Å². The van der Waals surface area contributed by atoms with Gasteiger partial charge in [-0.1, -0.05) is 25.5 Å². The molecule has 80 valence electrons. The second kappa shape index (κ2) is 4.01. The minimum atomic E-state index is -0.348. The molecule has 1 aromatic carbocycles. The molecule has 2 rings (SSSR count). The van der Waals surface area contributed by atoms with Gasteiger partial charge in [0, 0.05) is 6.54 Å². The van der Waals surface area contributed by atoms with E-state index in [0.29, 0.717) is 5.39 Å². The lowest BCUT2D eigenvalue weighted by atomic mass is 10.1. The van der Waals surface area contributed by atoms with Crippen molar-refractivity contribution in [2.24, 2.45) is 0 Å². The summed E-state index contributed by atoms with van der Waals surface area (Å²) in [5.74, 6) is -0.348. The Balaban J connectivity index is 2.53. The van der Waals surface area contributed by atoms with Crippen molar-refractivity contribution in [2.45, 2.75) is 33.2 Å². The molecule has 0 aliphatic rings. The molecule has 0 N–H and O–H groups in total. The highest BCUT2D eigenvalue weighted by molar-refractivity contribution is 5.82. The number of benzene rings is 1. The van der Waals surface area contributed by atoms with Crippen LogP contribution < -0.4 is 0 Å². The van der Waals surface area contributed by atoms with Gasteiger partial charge in [0.15, 0.2) is 0 Å². The van der Waals surface area contributed by atoms with Crippen LogP contribution in [0.25, 0.3) is 10.9 Å². The van der Waals surface area contributed by atoms with Crippen LogP contribution >= 0.6 is 0 Å². The lowest BCUT2D eigenvalue weighted by Crippen LogP contribution is -1.99. The van der Waals surface area contributed by atoms with Gasteiger partial charge in [0.1, 0.15) is 0 Å². The van der Waals surface area contributed by atoms with Crippen LogP contribution in [-0.4, -0.2) is 9.78 Å². The van der Waals surface area contributed by atoms with Crippen LogP contribution in [0.15, 0.2) is 18.2 Å². The molecule has 0 fully saturated rings. The van der Waals surface area contributed by atoms with E-state index in [2.05, 4.69) is 12.0 Å². The molecule has 0 aliphatic heterocycles. The van der Waals surface area contributed by atoms with E-state index in [1.54, 1.807) is 4.68 Å². The summed E-state index contributed by atoms with van der Waals surface area (Å²) in [6.07, 6.45) is 2.12. The average molecular weight is 206 g/mol. The number of hydrogen-bond donors (Lipinski definition) is 0. The summed E-state index contributed by atoms with van der Waals surface area (Å²) < 4.78 is 15.3. The predicted octanol–water partition coefficient (Wildman–Crippen LogP) is 3.28. The van der Waals surface area contributed by atoms with Gasteiger partial charge in [-0.15, -0.1) is 5.10 Å². The summed E-state index contributed by atoms with van der Waals surface area (Å²) >= 11 is 0. The number of halogens is 1. The van der Waals surface area contributed by atoms with Crippen molar-refractivity contribution in [1.29, 1.82) is 0 Å². The van der Waals surface area contributed by atoms with Crippen molar-refractivity contribution in [3.63, 3.8) is 0 Å². The topological polar surface area (TPSA) is 17.8 Å². The van der Waals surface area contributed by atoms with Crippen LogP contribution in [0.2, 0.25) is 0 Å². The molecule has 0 saturated heterocycles. The second-order valence-corrected chi connectivity index (χ2v) is 3.84. The van der Waals surface area contributed by atoms with E-state index >= 15 is 0 Å². The normalized spacial score (nSPS) is 11.1. The lowest BCUT2D eigenvalue weighted by molar-refractivity contribution is 0.517. The van der Waals surface area contributed by atoms with Gasteiger partial charge in [0.05, 0.1) is 10.9 Å². The van der Waals surface area contributed by atoms with Crippen LogP contribution in [0.3, 0.4) is 0 Å². The van der Waals surface area contributed by atoms with Crippen molar-refractivity contribution in [3.8, 4) is 0 Å². The molecule has 3 heteroatoms. The molecule has 1 aromatic heterocycles. The maximum absolute atomic E-state index is 13.6. The molecule has 0 spiro atoms. The van der Waals surface area contributed by atoms with Gasteiger partial charge in [0.2, 0.25) is 5.95 Å². The Morgan fingerprint density at radius 2 is 2.20 bits per heavy atom. The molecule has 15 heavy (non-hydrogen) atoms. The van der Waals surface area contributed by atoms with Gasteiger partial charge < -0.3 is 0 Å². The Morgan fingerprint density at radius 3 is 2.93 bits per heavy atom. The number of nitrogens with zero attached hydrogens (tertiary/aromatic N) is 2. The van der Waals surface area contributed by atoms with Crippen LogP contribution in [0.5, 0.6) is 0 Å². The molecule has 0 unspecified atom stereocenters. The number of rotatable bonds is 3. The number of aromatic nitrogens is 2. The van der Waals surface area contributed by atoms with Gasteiger partial charge in [-0.3, -0.25) is 4.68 Å². The maximum atomic E-state index is 13.6. The standard InChI is InChI=1S/C12H15FN2/c1-3-4-8-15-10-7-5-6-9(2)11(10)12(13)14-15/h5-7H,3-4,8H2,1-2H3. The summed E-state index contributed by atoms with van der Waals surface area (Å²) in [6.45, 7) is 4.82. The van der Waals surface area contributed by atoms with Gasteiger partial charge in [-0.25, -0.2) is 0 Å². The van der Waals surface area contributed by atoms with E-state index in [4.69, 9.17) is 0 Å². The molecule has 0 radical (unpaired) electrons. The fourth-order valence-electron chi connectivity index (χ4n) is 1.82. The number of unbranched alkanes of at least 4 members (excludes halogenated alkanes) is 1. The zero-order valence-electron chi connectivity index (χ0n) is 9.13.